The standard InChI is InChI=1S/C8H9NS/c1-3-4-5-8-7(2)9-6-10-8/h3-6H,1H2,2H3/b5-4-. The molecule has 0 amide bonds. The predicted octanol–water partition coefficient (Wildman–Crippen LogP) is 2.65. The third-order valence-electron chi connectivity index (χ3n) is 1.17. The molecular formula is C8H9NS. The van der Waals surface area contributed by atoms with Crippen LogP contribution in [0.3, 0.4) is 0 Å². The van der Waals surface area contributed by atoms with E-state index < -0.39 is 0 Å². The number of thiazole rings is 1. The van der Waals surface area contributed by atoms with Gasteiger partial charge in [-0.3, -0.25) is 0 Å². The fourth-order valence-electron chi connectivity index (χ4n) is 0.626. The first-order chi connectivity index (χ1) is 4.84. The molecule has 0 aromatic carbocycles. The lowest BCUT2D eigenvalue weighted by molar-refractivity contribution is 1.26. The maximum atomic E-state index is 4.10. The van der Waals surface area contributed by atoms with Crippen molar-refractivity contribution in [3.8, 4) is 0 Å². The minimum Gasteiger partial charge on any atom is -0.249 e. The van der Waals surface area contributed by atoms with Crippen molar-refractivity contribution in [1.29, 1.82) is 0 Å². The Labute approximate surface area is 64.7 Å². The van der Waals surface area contributed by atoms with Gasteiger partial charge in [-0.2, -0.15) is 0 Å². The van der Waals surface area contributed by atoms with E-state index in [1.807, 2.05) is 24.6 Å². The molecule has 52 valence electrons. The van der Waals surface area contributed by atoms with Gasteiger partial charge in [-0.05, 0) is 13.0 Å². The molecule has 0 aliphatic heterocycles. The van der Waals surface area contributed by atoms with Crippen LogP contribution >= 0.6 is 11.3 Å². The van der Waals surface area contributed by atoms with Crippen LogP contribution < -0.4 is 0 Å². The molecule has 10 heavy (non-hydrogen) atoms. The summed E-state index contributed by atoms with van der Waals surface area (Å²) in [6.07, 6.45) is 5.69. The first-order valence-corrected chi connectivity index (χ1v) is 3.91. The summed E-state index contributed by atoms with van der Waals surface area (Å²) < 4.78 is 0. The Morgan fingerprint density at radius 1 is 1.70 bits per heavy atom. The van der Waals surface area contributed by atoms with Gasteiger partial charge in [0.1, 0.15) is 0 Å². The van der Waals surface area contributed by atoms with E-state index in [2.05, 4.69) is 11.6 Å². The molecule has 0 aliphatic carbocycles. The molecule has 0 saturated heterocycles. The highest BCUT2D eigenvalue weighted by atomic mass is 32.1. The van der Waals surface area contributed by atoms with Crippen LogP contribution in [0.25, 0.3) is 6.08 Å². The number of hydrogen-bond donors (Lipinski definition) is 0. The monoisotopic (exact) mass is 151 g/mol. The highest BCUT2D eigenvalue weighted by Gasteiger charge is 1.93. The van der Waals surface area contributed by atoms with Crippen molar-refractivity contribution in [2.24, 2.45) is 0 Å². The average molecular weight is 151 g/mol. The van der Waals surface area contributed by atoms with E-state index in [9.17, 15) is 0 Å². The largest absolute Gasteiger partial charge is 0.249 e. The second kappa shape index (κ2) is 3.32. The van der Waals surface area contributed by atoms with E-state index in [1.54, 1.807) is 17.4 Å². The van der Waals surface area contributed by atoms with Gasteiger partial charge in [0.15, 0.2) is 0 Å². The van der Waals surface area contributed by atoms with Crippen molar-refractivity contribution >= 4 is 17.4 Å². The predicted molar refractivity (Wildman–Crippen MR) is 46.1 cm³/mol. The third kappa shape index (κ3) is 1.54. The Kier molecular flexibility index (Phi) is 2.40. The SMILES string of the molecule is C=C/C=C\c1scnc1C. The number of allylic oxidation sites excluding steroid dienone is 2. The van der Waals surface area contributed by atoms with Crippen LogP contribution in [0.2, 0.25) is 0 Å². The fraction of sp³-hybridized carbons (Fsp3) is 0.125. The van der Waals surface area contributed by atoms with E-state index >= 15 is 0 Å². The minimum atomic E-state index is 1.09. The van der Waals surface area contributed by atoms with E-state index in [-0.39, 0.29) is 0 Å². The molecule has 0 saturated carbocycles. The van der Waals surface area contributed by atoms with Gasteiger partial charge in [-0.15, -0.1) is 11.3 Å². The van der Waals surface area contributed by atoms with Crippen LogP contribution in [0, 0.1) is 6.92 Å². The van der Waals surface area contributed by atoms with Gasteiger partial charge in [0.25, 0.3) is 0 Å². The zero-order valence-corrected chi connectivity index (χ0v) is 6.69. The van der Waals surface area contributed by atoms with Crippen LogP contribution in [-0.4, -0.2) is 4.98 Å². The van der Waals surface area contributed by atoms with Gasteiger partial charge < -0.3 is 0 Å². The second-order valence-electron chi connectivity index (χ2n) is 1.90. The van der Waals surface area contributed by atoms with E-state index in [1.165, 1.54) is 4.88 Å². The highest BCUT2D eigenvalue weighted by Crippen LogP contribution is 2.13. The van der Waals surface area contributed by atoms with Crippen LogP contribution in [0.4, 0.5) is 0 Å². The summed E-state index contributed by atoms with van der Waals surface area (Å²) in [7, 11) is 0. The zero-order chi connectivity index (χ0) is 7.40. The van der Waals surface area contributed by atoms with Gasteiger partial charge in [0.2, 0.25) is 0 Å². The summed E-state index contributed by atoms with van der Waals surface area (Å²) >= 11 is 1.64. The molecule has 0 unspecified atom stereocenters. The van der Waals surface area contributed by atoms with Crippen LogP contribution in [-0.2, 0) is 0 Å². The number of nitrogens with zero attached hydrogens (tertiary/aromatic N) is 1. The van der Waals surface area contributed by atoms with Crippen LogP contribution in [0.15, 0.2) is 24.2 Å². The molecule has 0 radical (unpaired) electrons. The average Bonchev–Trinajstić information content (AvgIpc) is 2.31. The van der Waals surface area contributed by atoms with E-state index in [4.69, 9.17) is 0 Å². The first kappa shape index (κ1) is 7.22. The summed E-state index contributed by atoms with van der Waals surface area (Å²) in [5, 5.41) is 0. The van der Waals surface area contributed by atoms with Crippen molar-refractivity contribution in [2.45, 2.75) is 6.92 Å². The van der Waals surface area contributed by atoms with E-state index in [0.717, 1.165) is 5.69 Å². The molecule has 1 aromatic heterocycles. The van der Waals surface area contributed by atoms with Crippen molar-refractivity contribution < 1.29 is 0 Å². The normalized spacial score (nSPS) is 10.5. The quantitative estimate of drug-likeness (QED) is 0.592. The lowest BCUT2D eigenvalue weighted by Gasteiger charge is -1.83. The maximum absolute atomic E-state index is 4.10. The van der Waals surface area contributed by atoms with Gasteiger partial charge in [-0.25, -0.2) is 4.98 Å². The van der Waals surface area contributed by atoms with Crippen molar-refractivity contribution in [2.75, 3.05) is 0 Å². The summed E-state index contributed by atoms with van der Waals surface area (Å²) in [5.41, 5.74) is 2.93. The summed E-state index contributed by atoms with van der Waals surface area (Å²) in [5.74, 6) is 0. The van der Waals surface area contributed by atoms with Crippen molar-refractivity contribution in [1.82, 2.24) is 4.98 Å². The third-order valence-corrected chi connectivity index (χ3v) is 2.06. The van der Waals surface area contributed by atoms with Crippen LogP contribution in [0.5, 0.6) is 0 Å². The fourth-order valence-corrected chi connectivity index (χ4v) is 1.33. The Morgan fingerprint density at radius 3 is 3.00 bits per heavy atom. The Balaban J connectivity index is 2.83. The molecule has 0 aliphatic rings. The van der Waals surface area contributed by atoms with Gasteiger partial charge in [-0.1, -0.05) is 18.7 Å². The van der Waals surface area contributed by atoms with Crippen molar-refractivity contribution in [3.05, 3.63) is 34.8 Å². The molecule has 1 heterocycles. The van der Waals surface area contributed by atoms with E-state index in [0.29, 0.717) is 0 Å². The number of aromatic nitrogens is 1. The molecule has 0 bridgehead atoms. The minimum absolute atomic E-state index is 1.09. The molecule has 1 aromatic rings. The highest BCUT2D eigenvalue weighted by molar-refractivity contribution is 7.10. The number of rotatable bonds is 2. The van der Waals surface area contributed by atoms with Gasteiger partial charge >= 0.3 is 0 Å². The van der Waals surface area contributed by atoms with Crippen LogP contribution in [0.1, 0.15) is 10.6 Å². The molecule has 0 atom stereocenters. The molecule has 1 nitrogen and oxygen atoms in total. The summed E-state index contributed by atoms with van der Waals surface area (Å²) in [4.78, 5) is 5.31. The smallest absolute Gasteiger partial charge is 0.0801 e. The molecular weight excluding hydrogens is 142 g/mol. The lowest BCUT2D eigenvalue weighted by atomic mass is 10.3. The molecule has 2 heteroatoms. The maximum Gasteiger partial charge on any atom is 0.0801 e. The van der Waals surface area contributed by atoms with Gasteiger partial charge in [0.05, 0.1) is 11.2 Å². The topological polar surface area (TPSA) is 12.9 Å². The lowest BCUT2D eigenvalue weighted by Crippen LogP contribution is -1.70. The molecule has 0 spiro atoms. The van der Waals surface area contributed by atoms with Gasteiger partial charge in [0, 0.05) is 4.88 Å². The Bertz CT molecular complexity index is 248. The summed E-state index contributed by atoms with van der Waals surface area (Å²) in [6, 6.07) is 0. The number of aryl methyl sites for hydroxylation is 1. The molecule has 0 N–H and O–H groups in total. The molecule has 0 fully saturated rings. The first-order valence-electron chi connectivity index (χ1n) is 3.04. The summed E-state index contributed by atoms with van der Waals surface area (Å²) in [6.45, 7) is 5.59. The van der Waals surface area contributed by atoms with Crippen molar-refractivity contribution in [3.63, 3.8) is 0 Å². The Hall–Kier alpha value is -0.890. The Morgan fingerprint density at radius 2 is 2.50 bits per heavy atom. The molecule has 1 rings (SSSR count). The number of hydrogen-bond acceptors (Lipinski definition) is 2. The second-order valence-corrected chi connectivity index (χ2v) is 2.78. The zero-order valence-electron chi connectivity index (χ0n) is 5.87.